The van der Waals surface area contributed by atoms with Crippen LogP contribution >= 0.6 is 11.3 Å². The van der Waals surface area contributed by atoms with Crippen LogP contribution in [0.4, 0.5) is 4.39 Å². The number of carbonyl (C=O) groups excluding carboxylic acids is 1. The van der Waals surface area contributed by atoms with Crippen LogP contribution < -0.4 is 5.48 Å². The minimum atomic E-state index is -3.88. The zero-order valence-electron chi connectivity index (χ0n) is 18.4. The summed E-state index contributed by atoms with van der Waals surface area (Å²) in [6.07, 6.45) is 1.88. The number of sulfonamides is 1. The van der Waals surface area contributed by atoms with Crippen molar-refractivity contribution in [2.24, 2.45) is 5.41 Å². The van der Waals surface area contributed by atoms with Crippen molar-refractivity contribution in [3.8, 4) is 0 Å². The van der Waals surface area contributed by atoms with Gasteiger partial charge in [0, 0.05) is 19.0 Å². The molecule has 1 heterocycles. The second kappa shape index (κ2) is 9.30. The Labute approximate surface area is 191 Å². The largest absolute Gasteiger partial charge is 0.387 e. The molecule has 0 saturated heterocycles. The van der Waals surface area contributed by atoms with Crippen LogP contribution in [0.25, 0.3) is 5.70 Å². The van der Waals surface area contributed by atoms with Crippen LogP contribution in [-0.2, 0) is 26.1 Å². The van der Waals surface area contributed by atoms with Gasteiger partial charge in [0.05, 0.1) is 27.0 Å². The molecule has 1 atom stereocenters. The molecule has 1 aromatic heterocycles. The number of aliphatic hydroxyl groups is 1. The molecule has 0 aliphatic heterocycles. The molecule has 1 aromatic carbocycles. The molecule has 32 heavy (non-hydrogen) atoms. The lowest BCUT2D eigenvalue weighted by Crippen LogP contribution is -2.32. The smallest absolute Gasteiger partial charge is 0.337 e. The van der Waals surface area contributed by atoms with Gasteiger partial charge in [-0.3, -0.25) is 0 Å². The third-order valence-corrected chi connectivity index (χ3v) is 8.18. The molecule has 2 N–H and O–H groups in total. The van der Waals surface area contributed by atoms with Crippen LogP contribution in [-0.4, -0.2) is 37.4 Å². The zero-order valence-corrected chi connectivity index (χ0v) is 20.0. The van der Waals surface area contributed by atoms with Crippen LogP contribution in [0.1, 0.15) is 49.3 Å². The molecule has 1 aliphatic carbocycles. The summed E-state index contributed by atoms with van der Waals surface area (Å²) < 4.78 is 40.7. The number of benzene rings is 1. The SMILES string of the molecule is CN(CC(O)c1ccc(F)cc1)S(=O)(=O)c1csc2c1CCC=C2NOC(=O)C(C)(C)C. The Hall–Kier alpha value is -2.27. The van der Waals surface area contributed by atoms with Crippen molar-refractivity contribution >= 4 is 33.0 Å². The van der Waals surface area contributed by atoms with E-state index in [1.165, 1.54) is 42.6 Å². The number of hydrogen-bond donors (Lipinski definition) is 2. The Bertz CT molecular complexity index is 1120. The number of halogens is 1. The van der Waals surface area contributed by atoms with Crippen molar-refractivity contribution < 1.29 is 27.5 Å². The molecule has 0 radical (unpaired) electrons. The highest BCUT2D eigenvalue weighted by Crippen LogP contribution is 2.37. The molecule has 0 spiro atoms. The van der Waals surface area contributed by atoms with Crippen LogP contribution in [0, 0.1) is 11.2 Å². The molecule has 7 nitrogen and oxygen atoms in total. The number of fused-ring (bicyclic) bond motifs is 1. The topological polar surface area (TPSA) is 95.9 Å². The average Bonchev–Trinajstić information content (AvgIpc) is 3.17. The number of allylic oxidation sites excluding steroid dienone is 1. The van der Waals surface area contributed by atoms with Crippen molar-refractivity contribution in [2.45, 2.75) is 44.6 Å². The second-order valence-corrected chi connectivity index (χ2v) is 11.6. The number of rotatable bonds is 7. The van der Waals surface area contributed by atoms with Crippen LogP contribution in [0.2, 0.25) is 0 Å². The van der Waals surface area contributed by atoms with Crippen molar-refractivity contribution in [3.05, 3.63) is 57.5 Å². The van der Waals surface area contributed by atoms with E-state index in [1.54, 1.807) is 26.2 Å². The number of carbonyl (C=O) groups is 1. The van der Waals surface area contributed by atoms with Crippen molar-refractivity contribution in [3.63, 3.8) is 0 Å². The highest BCUT2D eigenvalue weighted by Gasteiger charge is 2.31. The molecule has 0 fully saturated rings. The summed E-state index contributed by atoms with van der Waals surface area (Å²) in [4.78, 5) is 18.1. The fourth-order valence-electron chi connectivity index (χ4n) is 3.14. The third-order valence-electron chi connectivity index (χ3n) is 5.08. The Morgan fingerprint density at radius 2 is 1.97 bits per heavy atom. The summed E-state index contributed by atoms with van der Waals surface area (Å²) in [6.45, 7) is 5.04. The predicted molar refractivity (Wildman–Crippen MR) is 120 cm³/mol. The fraction of sp³-hybridized carbons (Fsp3) is 0.409. The second-order valence-electron chi connectivity index (χ2n) is 8.66. The summed E-state index contributed by atoms with van der Waals surface area (Å²) in [6, 6.07) is 5.29. The number of hydrogen-bond acceptors (Lipinski definition) is 7. The molecule has 1 aliphatic rings. The van der Waals surface area contributed by atoms with Crippen molar-refractivity contribution in [1.82, 2.24) is 9.79 Å². The lowest BCUT2D eigenvalue weighted by molar-refractivity contribution is -0.157. The Kier molecular flexibility index (Phi) is 7.09. The summed E-state index contributed by atoms with van der Waals surface area (Å²) in [7, 11) is -2.48. The summed E-state index contributed by atoms with van der Waals surface area (Å²) in [5.41, 5.74) is 3.64. The average molecular weight is 483 g/mol. The lowest BCUT2D eigenvalue weighted by Gasteiger charge is -2.22. The molecule has 3 rings (SSSR count). The number of thiophene rings is 1. The van der Waals surface area contributed by atoms with Crippen LogP contribution in [0.3, 0.4) is 0 Å². The monoisotopic (exact) mass is 482 g/mol. The first-order valence-corrected chi connectivity index (χ1v) is 12.4. The van der Waals surface area contributed by atoms with Gasteiger partial charge in [-0.25, -0.2) is 23.1 Å². The molecule has 0 amide bonds. The maximum atomic E-state index is 13.2. The van der Waals surface area contributed by atoms with E-state index >= 15 is 0 Å². The van der Waals surface area contributed by atoms with Gasteiger partial charge < -0.3 is 9.94 Å². The fourth-order valence-corrected chi connectivity index (χ4v) is 6.00. The molecule has 2 aromatic rings. The van der Waals surface area contributed by atoms with Gasteiger partial charge in [0.25, 0.3) is 0 Å². The van der Waals surface area contributed by atoms with E-state index in [1.807, 2.05) is 6.08 Å². The highest BCUT2D eigenvalue weighted by atomic mass is 32.2. The van der Waals surface area contributed by atoms with E-state index < -0.39 is 33.3 Å². The maximum Gasteiger partial charge on any atom is 0.337 e. The Morgan fingerprint density at radius 1 is 1.31 bits per heavy atom. The van der Waals surface area contributed by atoms with Gasteiger partial charge in [-0.15, -0.1) is 11.3 Å². The molecule has 0 bridgehead atoms. The predicted octanol–water partition coefficient (Wildman–Crippen LogP) is 3.62. The molecule has 174 valence electrons. The van der Waals surface area contributed by atoms with Crippen LogP contribution in [0.5, 0.6) is 0 Å². The number of aliphatic hydroxyl groups excluding tert-OH is 1. The van der Waals surface area contributed by atoms with Crippen LogP contribution in [0.15, 0.2) is 40.6 Å². The van der Waals surface area contributed by atoms with Gasteiger partial charge in [-0.2, -0.15) is 4.31 Å². The number of nitrogens with one attached hydrogen (secondary N) is 1. The normalized spacial score (nSPS) is 15.2. The molecule has 1 unspecified atom stereocenters. The van der Waals surface area contributed by atoms with E-state index in [0.717, 1.165) is 4.31 Å². The maximum absolute atomic E-state index is 13.2. The summed E-state index contributed by atoms with van der Waals surface area (Å²) in [5.74, 6) is -0.859. The third kappa shape index (κ3) is 5.20. The zero-order chi connectivity index (χ0) is 23.7. The minimum absolute atomic E-state index is 0.167. The van der Waals surface area contributed by atoms with Gasteiger partial charge >= 0.3 is 5.97 Å². The van der Waals surface area contributed by atoms with E-state index in [-0.39, 0.29) is 11.4 Å². The number of nitrogens with zero attached hydrogens (tertiary/aromatic N) is 1. The van der Waals surface area contributed by atoms with Gasteiger partial charge in [0.15, 0.2) is 0 Å². The molecular weight excluding hydrogens is 455 g/mol. The number of likely N-dealkylation sites (N-methyl/N-ethyl adjacent to an activating group) is 1. The highest BCUT2D eigenvalue weighted by molar-refractivity contribution is 7.89. The number of hydroxylamine groups is 1. The van der Waals surface area contributed by atoms with Gasteiger partial charge in [0.2, 0.25) is 10.0 Å². The Morgan fingerprint density at radius 3 is 2.59 bits per heavy atom. The Balaban J connectivity index is 1.77. The van der Waals surface area contributed by atoms with Gasteiger partial charge in [0.1, 0.15) is 5.82 Å². The molecule has 0 saturated carbocycles. The van der Waals surface area contributed by atoms with E-state index in [2.05, 4.69) is 5.48 Å². The quantitative estimate of drug-likeness (QED) is 0.585. The van der Waals surface area contributed by atoms with E-state index in [9.17, 15) is 22.7 Å². The van der Waals surface area contributed by atoms with E-state index in [4.69, 9.17) is 4.84 Å². The van der Waals surface area contributed by atoms with E-state index in [0.29, 0.717) is 34.5 Å². The molecule has 10 heteroatoms. The summed E-state index contributed by atoms with van der Waals surface area (Å²) in [5, 5.41) is 12.0. The lowest BCUT2D eigenvalue weighted by atomic mass is 9.98. The molecular formula is C22H27FN2O5S2. The minimum Gasteiger partial charge on any atom is -0.387 e. The first kappa shape index (κ1) is 24.4. The first-order chi connectivity index (χ1) is 14.9. The standard InChI is InChI=1S/C22H27FN2O5S2/c1-22(2,3)21(27)30-24-17-7-5-6-16-19(13-31-20(16)17)32(28,29)25(4)12-18(26)14-8-10-15(23)11-9-14/h7-11,13,18,24,26H,5-6,12H2,1-4H3. The van der Waals surface area contributed by atoms with Crippen molar-refractivity contribution in [2.75, 3.05) is 13.6 Å². The van der Waals surface area contributed by atoms with Gasteiger partial charge in [-0.05, 0) is 56.9 Å². The van der Waals surface area contributed by atoms with Crippen molar-refractivity contribution in [1.29, 1.82) is 0 Å². The first-order valence-electron chi connectivity index (χ1n) is 10.1. The summed E-state index contributed by atoms with van der Waals surface area (Å²) >= 11 is 1.25. The van der Waals surface area contributed by atoms with Gasteiger partial charge in [-0.1, -0.05) is 18.2 Å².